The lowest BCUT2D eigenvalue weighted by Crippen LogP contribution is -2.24. The number of nitrogens with one attached hydrogen (secondary N) is 2. The van der Waals surface area contributed by atoms with Crippen LogP contribution in [0.15, 0.2) is 53.6 Å². The molecule has 1 saturated heterocycles. The zero-order valence-electron chi connectivity index (χ0n) is 13.8. The van der Waals surface area contributed by atoms with Crippen molar-refractivity contribution in [1.29, 1.82) is 0 Å². The van der Waals surface area contributed by atoms with Crippen molar-refractivity contribution >= 4 is 23.6 Å². The molecule has 0 aromatic heterocycles. The summed E-state index contributed by atoms with van der Waals surface area (Å²) in [4.78, 5) is 14.2. The largest absolute Gasteiger partial charge is 0.372 e. The number of nitrogens with zero attached hydrogens (tertiary/aromatic N) is 2. The molecule has 1 aliphatic rings. The van der Waals surface area contributed by atoms with Gasteiger partial charge in [0.05, 0.1) is 6.21 Å². The molecule has 0 radical (unpaired) electrons. The van der Waals surface area contributed by atoms with Crippen LogP contribution in [0.25, 0.3) is 0 Å². The van der Waals surface area contributed by atoms with Crippen molar-refractivity contribution in [3.63, 3.8) is 0 Å². The molecule has 124 valence electrons. The second-order valence-corrected chi connectivity index (χ2v) is 5.93. The molecule has 24 heavy (non-hydrogen) atoms. The molecular formula is C19H22N4O. The second kappa shape index (κ2) is 7.64. The maximum atomic E-state index is 11.8. The van der Waals surface area contributed by atoms with Crippen molar-refractivity contribution in [2.75, 3.05) is 23.3 Å². The van der Waals surface area contributed by atoms with Crippen LogP contribution in [-0.4, -0.2) is 25.3 Å². The van der Waals surface area contributed by atoms with Gasteiger partial charge in [0.1, 0.15) is 0 Å². The number of urea groups is 1. The summed E-state index contributed by atoms with van der Waals surface area (Å²) in [5.41, 5.74) is 6.62. The quantitative estimate of drug-likeness (QED) is 0.665. The van der Waals surface area contributed by atoms with Gasteiger partial charge in [-0.3, -0.25) is 0 Å². The predicted octanol–water partition coefficient (Wildman–Crippen LogP) is 3.75. The first-order valence-corrected chi connectivity index (χ1v) is 8.23. The molecule has 1 aliphatic heterocycles. The summed E-state index contributed by atoms with van der Waals surface area (Å²) in [6, 6.07) is 15.3. The van der Waals surface area contributed by atoms with Gasteiger partial charge in [-0.1, -0.05) is 24.3 Å². The Kier molecular flexibility index (Phi) is 5.11. The van der Waals surface area contributed by atoms with Crippen molar-refractivity contribution in [1.82, 2.24) is 5.43 Å². The molecule has 0 bridgehead atoms. The summed E-state index contributed by atoms with van der Waals surface area (Å²) in [6.07, 6.45) is 4.21. The lowest BCUT2D eigenvalue weighted by atomic mass is 10.1. The Labute approximate surface area is 142 Å². The van der Waals surface area contributed by atoms with Crippen molar-refractivity contribution in [3.8, 4) is 0 Å². The third-order valence-electron chi connectivity index (χ3n) is 4.13. The molecule has 2 aromatic rings. The number of carbonyl (C=O) groups excluding carboxylic acids is 1. The van der Waals surface area contributed by atoms with Gasteiger partial charge in [-0.25, -0.2) is 10.2 Å². The molecule has 0 aliphatic carbocycles. The van der Waals surface area contributed by atoms with Gasteiger partial charge >= 0.3 is 6.03 Å². The van der Waals surface area contributed by atoms with Crippen molar-refractivity contribution in [3.05, 3.63) is 59.7 Å². The molecule has 1 fully saturated rings. The lowest BCUT2D eigenvalue weighted by Gasteiger charge is -2.18. The molecule has 2 N–H and O–H groups in total. The van der Waals surface area contributed by atoms with E-state index < -0.39 is 0 Å². The van der Waals surface area contributed by atoms with E-state index in [2.05, 4.69) is 39.8 Å². The summed E-state index contributed by atoms with van der Waals surface area (Å²) < 4.78 is 0. The average Bonchev–Trinajstić information content (AvgIpc) is 3.12. The fraction of sp³-hybridized carbons (Fsp3) is 0.263. The number of aryl methyl sites for hydroxylation is 1. The maximum absolute atomic E-state index is 11.8. The fourth-order valence-electron chi connectivity index (χ4n) is 2.82. The minimum absolute atomic E-state index is 0.358. The summed E-state index contributed by atoms with van der Waals surface area (Å²) in [5, 5.41) is 6.74. The van der Waals surface area contributed by atoms with Gasteiger partial charge < -0.3 is 10.2 Å². The number of para-hydroxylation sites is 1. The highest BCUT2D eigenvalue weighted by Crippen LogP contribution is 2.22. The summed E-state index contributed by atoms with van der Waals surface area (Å²) in [6.45, 7) is 4.33. The standard InChI is InChI=1S/C19H22N4O/c1-15-13-18(23-11-5-6-12-23)10-9-16(15)14-20-22-19(24)21-17-7-3-2-4-8-17/h2-4,7-10,13-14H,5-6,11-12H2,1H3,(H2,21,22,24)/b20-14+. The summed E-state index contributed by atoms with van der Waals surface area (Å²) in [5.74, 6) is 0. The number of hydrogen-bond acceptors (Lipinski definition) is 3. The third kappa shape index (κ3) is 4.13. The lowest BCUT2D eigenvalue weighted by molar-refractivity contribution is 0.252. The van der Waals surface area contributed by atoms with Crippen LogP contribution in [0.2, 0.25) is 0 Å². The average molecular weight is 322 g/mol. The van der Waals surface area contributed by atoms with Gasteiger partial charge in [-0.2, -0.15) is 5.10 Å². The van der Waals surface area contributed by atoms with E-state index in [1.807, 2.05) is 36.4 Å². The van der Waals surface area contributed by atoms with Crippen LogP contribution in [-0.2, 0) is 0 Å². The Morgan fingerprint density at radius 3 is 2.58 bits per heavy atom. The van der Waals surface area contributed by atoms with Gasteiger partial charge in [0.15, 0.2) is 0 Å². The molecule has 2 aromatic carbocycles. The van der Waals surface area contributed by atoms with Crippen LogP contribution in [0.3, 0.4) is 0 Å². The maximum Gasteiger partial charge on any atom is 0.339 e. The zero-order valence-corrected chi connectivity index (χ0v) is 13.8. The van der Waals surface area contributed by atoms with Gasteiger partial charge in [0, 0.05) is 24.5 Å². The van der Waals surface area contributed by atoms with Gasteiger partial charge in [0.25, 0.3) is 0 Å². The van der Waals surface area contributed by atoms with Crippen molar-refractivity contribution in [2.24, 2.45) is 5.10 Å². The van der Waals surface area contributed by atoms with E-state index in [0.717, 1.165) is 29.9 Å². The van der Waals surface area contributed by atoms with Crippen molar-refractivity contribution < 1.29 is 4.79 Å². The van der Waals surface area contributed by atoms with Crippen molar-refractivity contribution in [2.45, 2.75) is 19.8 Å². The molecule has 0 unspecified atom stereocenters. The molecule has 3 rings (SSSR count). The Morgan fingerprint density at radius 1 is 1.12 bits per heavy atom. The van der Waals surface area contributed by atoms with E-state index in [4.69, 9.17) is 0 Å². The van der Waals surface area contributed by atoms with E-state index in [9.17, 15) is 4.79 Å². The molecule has 5 nitrogen and oxygen atoms in total. The molecule has 2 amide bonds. The number of carbonyl (C=O) groups is 1. The fourth-order valence-corrected chi connectivity index (χ4v) is 2.82. The Hall–Kier alpha value is -2.82. The minimum Gasteiger partial charge on any atom is -0.372 e. The first kappa shape index (κ1) is 16.1. The van der Waals surface area contributed by atoms with E-state index in [0.29, 0.717) is 0 Å². The van der Waals surface area contributed by atoms with Crippen LogP contribution in [0, 0.1) is 6.92 Å². The Balaban J connectivity index is 1.57. The van der Waals surface area contributed by atoms with Gasteiger partial charge in [0.2, 0.25) is 0 Å². The Morgan fingerprint density at radius 2 is 1.88 bits per heavy atom. The van der Waals surface area contributed by atoms with Crippen LogP contribution in [0.5, 0.6) is 0 Å². The number of amides is 2. The highest BCUT2D eigenvalue weighted by Gasteiger charge is 2.12. The molecule has 0 atom stereocenters. The van der Waals surface area contributed by atoms with Gasteiger partial charge in [-0.15, -0.1) is 0 Å². The second-order valence-electron chi connectivity index (χ2n) is 5.93. The molecular weight excluding hydrogens is 300 g/mol. The molecule has 0 saturated carbocycles. The van der Waals surface area contributed by atoms with E-state index in [1.165, 1.54) is 18.5 Å². The first-order valence-electron chi connectivity index (χ1n) is 8.23. The predicted molar refractivity (Wildman–Crippen MR) is 98.8 cm³/mol. The van der Waals surface area contributed by atoms with Crippen LogP contribution in [0.4, 0.5) is 16.2 Å². The Bertz CT molecular complexity index is 721. The topological polar surface area (TPSA) is 56.7 Å². The molecule has 1 heterocycles. The zero-order chi connectivity index (χ0) is 16.8. The molecule has 5 heteroatoms. The number of benzene rings is 2. The van der Waals surface area contributed by atoms with Gasteiger partial charge in [-0.05, 0) is 55.2 Å². The molecule has 0 spiro atoms. The smallest absolute Gasteiger partial charge is 0.339 e. The number of anilines is 2. The highest BCUT2D eigenvalue weighted by atomic mass is 16.2. The number of hydrogen-bond donors (Lipinski definition) is 2. The number of rotatable bonds is 4. The van der Waals surface area contributed by atoms with E-state index in [-0.39, 0.29) is 6.03 Å². The highest BCUT2D eigenvalue weighted by molar-refractivity contribution is 5.90. The number of hydrazone groups is 1. The first-order chi connectivity index (χ1) is 11.7. The normalized spacial score (nSPS) is 14.1. The summed E-state index contributed by atoms with van der Waals surface area (Å²) >= 11 is 0. The van der Waals surface area contributed by atoms with E-state index >= 15 is 0 Å². The third-order valence-corrected chi connectivity index (χ3v) is 4.13. The van der Waals surface area contributed by atoms with E-state index in [1.54, 1.807) is 6.21 Å². The van der Waals surface area contributed by atoms with Crippen LogP contribution in [0.1, 0.15) is 24.0 Å². The SMILES string of the molecule is Cc1cc(N2CCCC2)ccc1/C=N/NC(=O)Nc1ccccc1. The van der Waals surface area contributed by atoms with Crippen LogP contribution >= 0.6 is 0 Å². The minimum atomic E-state index is -0.358. The summed E-state index contributed by atoms with van der Waals surface area (Å²) in [7, 11) is 0. The monoisotopic (exact) mass is 322 g/mol. The van der Waals surface area contributed by atoms with Crippen LogP contribution < -0.4 is 15.6 Å².